The van der Waals surface area contributed by atoms with Gasteiger partial charge in [0, 0.05) is 4.47 Å². The van der Waals surface area contributed by atoms with Gasteiger partial charge in [-0.25, -0.2) is 0 Å². The van der Waals surface area contributed by atoms with Crippen LogP contribution in [0.15, 0.2) is 65.1 Å². The zero-order valence-electron chi connectivity index (χ0n) is 11.1. The van der Waals surface area contributed by atoms with E-state index < -0.39 is 0 Å². The van der Waals surface area contributed by atoms with Crippen molar-refractivity contribution in [3.63, 3.8) is 0 Å². The van der Waals surface area contributed by atoms with Crippen molar-refractivity contribution in [1.29, 1.82) is 0 Å². The van der Waals surface area contributed by atoms with Crippen molar-refractivity contribution in [1.82, 2.24) is 0 Å². The Morgan fingerprint density at radius 3 is 2.30 bits per heavy atom. The molecule has 0 aromatic heterocycles. The molecule has 0 aliphatic rings. The summed E-state index contributed by atoms with van der Waals surface area (Å²) in [6.45, 7) is 2.12. The minimum atomic E-state index is 0.183. The Hall–Kier alpha value is -1.12. The molecule has 0 aliphatic heterocycles. The molecule has 0 nitrogen and oxygen atoms in total. The third-order valence-corrected chi connectivity index (χ3v) is 5.66. The number of rotatable bonds is 2. The predicted octanol–water partition coefficient (Wildman–Crippen LogP) is 6.40. The Kier molecular flexibility index (Phi) is 3.95. The van der Waals surface area contributed by atoms with Gasteiger partial charge in [-0.15, -0.1) is 0 Å². The summed E-state index contributed by atoms with van der Waals surface area (Å²) < 4.78 is 1.18. The van der Waals surface area contributed by atoms with E-state index in [0.717, 1.165) is 0 Å². The molecule has 0 heterocycles. The van der Waals surface area contributed by atoms with E-state index >= 15 is 0 Å². The Labute approximate surface area is 136 Å². The van der Waals surface area contributed by atoms with E-state index in [1.54, 1.807) is 0 Å². The van der Waals surface area contributed by atoms with E-state index in [-0.39, 0.29) is 4.83 Å². The Balaban J connectivity index is 2.18. The SMILES string of the molecule is Cc1cccc(C(Br)c2cccc3ccccc23)c1Br. The van der Waals surface area contributed by atoms with Gasteiger partial charge in [0.05, 0.1) is 4.83 Å². The van der Waals surface area contributed by atoms with Crippen LogP contribution in [0.3, 0.4) is 0 Å². The van der Waals surface area contributed by atoms with Crippen LogP contribution in [-0.4, -0.2) is 0 Å². The van der Waals surface area contributed by atoms with Crippen LogP contribution in [0.1, 0.15) is 21.5 Å². The average molecular weight is 390 g/mol. The highest BCUT2D eigenvalue weighted by Gasteiger charge is 2.16. The first-order valence-corrected chi connectivity index (χ1v) is 8.26. The molecule has 100 valence electrons. The molecule has 3 rings (SSSR count). The summed E-state index contributed by atoms with van der Waals surface area (Å²) >= 11 is 7.58. The highest BCUT2D eigenvalue weighted by molar-refractivity contribution is 9.11. The summed E-state index contributed by atoms with van der Waals surface area (Å²) in [4.78, 5) is 0.183. The monoisotopic (exact) mass is 388 g/mol. The zero-order valence-corrected chi connectivity index (χ0v) is 14.3. The van der Waals surface area contributed by atoms with Crippen LogP contribution in [0.2, 0.25) is 0 Å². The van der Waals surface area contributed by atoms with Crippen molar-refractivity contribution in [2.45, 2.75) is 11.8 Å². The van der Waals surface area contributed by atoms with Crippen LogP contribution < -0.4 is 0 Å². The molecule has 1 atom stereocenters. The van der Waals surface area contributed by atoms with Gasteiger partial charge in [-0.3, -0.25) is 0 Å². The second kappa shape index (κ2) is 5.71. The van der Waals surface area contributed by atoms with Crippen molar-refractivity contribution < 1.29 is 0 Å². The van der Waals surface area contributed by atoms with Crippen LogP contribution in [-0.2, 0) is 0 Å². The van der Waals surface area contributed by atoms with E-state index in [4.69, 9.17) is 0 Å². The molecule has 1 unspecified atom stereocenters. The standard InChI is InChI=1S/C18H14Br2/c1-12-6-4-11-16(17(12)19)18(20)15-10-5-8-13-7-2-3-9-14(13)15/h2-11,18H,1H3. The summed E-state index contributed by atoms with van der Waals surface area (Å²) in [7, 11) is 0. The highest BCUT2D eigenvalue weighted by Crippen LogP contribution is 2.39. The van der Waals surface area contributed by atoms with E-state index in [0.29, 0.717) is 0 Å². The van der Waals surface area contributed by atoms with E-state index in [9.17, 15) is 0 Å². The lowest BCUT2D eigenvalue weighted by Crippen LogP contribution is -1.96. The number of halogens is 2. The van der Waals surface area contributed by atoms with Gasteiger partial charge >= 0.3 is 0 Å². The third kappa shape index (κ3) is 2.43. The smallest absolute Gasteiger partial charge is 0.0661 e. The highest BCUT2D eigenvalue weighted by atomic mass is 79.9. The van der Waals surface area contributed by atoms with E-state index in [1.165, 1.54) is 31.9 Å². The van der Waals surface area contributed by atoms with Crippen LogP contribution >= 0.6 is 31.9 Å². The minimum absolute atomic E-state index is 0.183. The molecule has 0 bridgehead atoms. The fraction of sp³-hybridized carbons (Fsp3) is 0.111. The van der Waals surface area contributed by atoms with Gasteiger partial charge in [0.2, 0.25) is 0 Å². The Bertz CT molecular complexity index is 757. The summed E-state index contributed by atoms with van der Waals surface area (Å²) in [5.74, 6) is 0. The molecular formula is C18H14Br2. The van der Waals surface area contributed by atoms with Crippen molar-refractivity contribution >= 4 is 42.6 Å². The molecule has 0 spiro atoms. The van der Waals surface area contributed by atoms with Crippen LogP contribution in [0.4, 0.5) is 0 Å². The van der Waals surface area contributed by atoms with Crippen molar-refractivity contribution in [2.75, 3.05) is 0 Å². The van der Waals surface area contributed by atoms with E-state index in [1.807, 2.05) is 0 Å². The minimum Gasteiger partial charge on any atom is -0.0786 e. The van der Waals surface area contributed by atoms with Crippen molar-refractivity contribution in [3.8, 4) is 0 Å². The molecule has 0 fully saturated rings. The molecule has 3 aromatic carbocycles. The lowest BCUT2D eigenvalue weighted by molar-refractivity contribution is 1.17. The maximum Gasteiger partial charge on any atom is 0.0661 e. The van der Waals surface area contributed by atoms with E-state index in [2.05, 4.69) is 99.4 Å². The lowest BCUT2D eigenvalue weighted by Gasteiger charge is -2.16. The van der Waals surface area contributed by atoms with Crippen LogP contribution in [0.25, 0.3) is 10.8 Å². The average Bonchev–Trinajstić information content (AvgIpc) is 2.49. The maximum absolute atomic E-state index is 3.87. The first-order valence-electron chi connectivity index (χ1n) is 6.55. The van der Waals surface area contributed by atoms with Gasteiger partial charge in [0.25, 0.3) is 0 Å². The fourth-order valence-corrected chi connectivity index (χ4v) is 4.09. The maximum atomic E-state index is 3.87. The first-order chi connectivity index (χ1) is 9.68. The Morgan fingerprint density at radius 2 is 1.45 bits per heavy atom. The molecule has 0 saturated carbocycles. The number of hydrogen-bond donors (Lipinski definition) is 0. The zero-order chi connectivity index (χ0) is 14.1. The molecule has 0 radical (unpaired) electrons. The van der Waals surface area contributed by atoms with Gasteiger partial charge in [-0.1, -0.05) is 92.5 Å². The normalized spacial score (nSPS) is 12.6. The largest absolute Gasteiger partial charge is 0.0786 e. The third-order valence-electron chi connectivity index (χ3n) is 3.59. The van der Waals surface area contributed by atoms with Gasteiger partial charge < -0.3 is 0 Å². The van der Waals surface area contributed by atoms with Gasteiger partial charge in [0.1, 0.15) is 0 Å². The summed E-state index contributed by atoms with van der Waals surface area (Å²) in [5.41, 5.74) is 3.82. The topological polar surface area (TPSA) is 0 Å². The number of alkyl halides is 1. The van der Waals surface area contributed by atoms with Gasteiger partial charge in [0.15, 0.2) is 0 Å². The molecule has 0 amide bonds. The van der Waals surface area contributed by atoms with Crippen LogP contribution in [0.5, 0.6) is 0 Å². The van der Waals surface area contributed by atoms with Gasteiger partial charge in [-0.2, -0.15) is 0 Å². The molecule has 3 aromatic rings. The number of hydrogen-bond acceptors (Lipinski definition) is 0. The summed E-state index contributed by atoms with van der Waals surface area (Å²) in [5, 5.41) is 2.57. The van der Waals surface area contributed by atoms with Crippen molar-refractivity contribution in [2.24, 2.45) is 0 Å². The second-order valence-corrected chi connectivity index (χ2v) is 6.62. The van der Waals surface area contributed by atoms with Crippen LogP contribution in [0, 0.1) is 6.92 Å². The molecule has 2 heteroatoms. The first kappa shape index (κ1) is 13.8. The quantitative estimate of drug-likeness (QED) is 0.445. The lowest BCUT2D eigenvalue weighted by atomic mass is 9.97. The fourth-order valence-electron chi connectivity index (χ4n) is 2.50. The number of fused-ring (bicyclic) bond motifs is 1. The second-order valence-electron chi connectivity index (χ2n) is 4.91. The Morgan fingerprint density at radius 1 is 0.800 bits per heavy atom. The summed E-state index contributed by atoms with van der Waals surface area (Å²) in [6, 6.07) is 21.4. The number of benzene rings is 3. The molecular weight excluding hydrogens is 376 g/mol. The van der Waals surface area contributed by atoms with Gasteiger partial charge in [-0.05, 0) is 34.4 Å². The predicted molar refractivity (Wildman–Crippen MR) is 93.6 cm³/mol. The molecule has 0 N–H and O–H groups in total. The molecule has 20 heavy (non-hydrogen) atoms. The molecule has 0 aliphatic carbocycles. The summed E-state index contributed by atoms with van der Waals surface area (Å²) in [6.07, 6.45) is 0. The molecule has 0 saturated heterocycles. The van der Waals surface area contributed by atoms with Crippen molar-refractivity contribution in [3.05, 3.63) is 81.8 Å². The number of aryl methyl sites for hydroxylation is 1.